The van der Waals surface area contributed by atoms with Gasteiger partial charge in [-0.25, -0.2) is 14.4 Å². The van der Waals surface area contributed by atoms with Crippen LogP contribution in [-0.4, -0.2) is 57.7 Å². The summed E-state index contributed by atoms with van der Waals surface area (Å²) in [5, 5.41) is 0.751. The predicted octanol–water partition coefficient (Wildman–Crippen LogP) is 3.43. The van der Waals surface area contributed by atoms with Crippen LogP contribution < -0.4 is 4.90 Å². The average molecular weight is 424 g/mol. The second-order valence-corrected chi connectivity index (χ2v) is 7.96. The van der Waals surface area contributed by atoms with Crippen LogP contribution in [0.3, 0.4) is 0 Å². The van der Waals surface area contributed by atoms with Gasteiger partial charge in [-0.1, -0.05) is 30.0 Å². The maximum absolute atomic E-state index is 14.0. The van der Waals surface area contributed by atoms with Crippen molar-refractivity contribution in [1.29, 1.82) is 0 Å². The van der Waals surface area contributed by atoms with E-state index in [0.29, 0.717) is 43.4 Å². The molecule has 1 fully saturated rings. The molecule has 1 aliphatic rings. The molecule has 0 atom stereocenters. The van der Waals surface area contributed by atoms with Gasteiger partial charge in [-0.05, 0) is 37.3 Å². The lowest BCUT2D eigenvalue weighted by atomic mass is 10.2. The Morgan fingerprint density at radius 2 is 1.80 bits per heavy atom. The first kappa shape index (κ1) is 20.3. The Balaban J connectivity index is 1.34. The Morgan fingerprint density at radius 3 is 2.53 bits per heavy atom. The van der Waals surface area contributed by atoms with Crippen molar-refractivity contribution in [3.05, 3.63) is 66.4 Å². The molecule has 1 amide bonds. The first-order valence-electron chi connectivity index (χ1n) is 9.77. The Morgan fingerprint density at radius 1 is 1.03 bits per heavy atom. The van der Waals surface area contributed by atoms with Crippen LogP contribution >= 0.6 is 11.8 Å². The van der Waals surface area contributed by atoms with Gasteiger partial charge in [0.05, 0.1) is 22.8 Å². The zero-order chi connectivity index (χ0) is 20.9. The first-order valence-corrected chi connectivity index (χ1v) is 10.8. The third-order valence-corrected chi connectivity index (χ3v) is 5.81. The highest BCUT2D eigenvalue weighted by molar-refractivity contribution is 7.99. The minimum Gasteiger partial charge on any atom is -0.366 e. The van der Waals surface area contributed by atoms with Gasteiger partial charge in [0.15, 0.2) is 0 Å². The fourth-order valence-corrected chi connectivity index (χ4v) is 4.24. The highest BCUT2D eigenvalue weighted by atomic mass is 32.2. The second-order valence-electron chi connectivity index (χ2n) is 6.96. The number of halogens is 1. The summed E-state index contributed by atoms with van der Waals surface area (Å²) in [4.78, 5) is 29.7. The number of rotatable bonds is 5. The molecule has 2 aromatic heterocycles. The van der Waals surface area contributed by atoms with Crippen molar-refractivity contribution < 1.29 is 9.18 Å². The second kappa shape index (κ2) is 9.21. The molecule has 1 aliphatic heterocycles. The van der Waals surface area contributed by atoms with E-state index in [2.05, 4.69) is 15.0 Å². The Labute approximate surface area is 179 Å². The summed E-state index contributed by atoms with van der Waals surface area (Å²) in [6.07, 6.45) is 1.73. The van der Waals surface area contributed by atoms with Gasteiger partial charge in [-0.15, -0.1) is 0 Å². The number of hydrogen-bond donors (Lipinski definition) is 0. The monoisotopic (exact) mass is 423 g/mol. The van der Waals surface area contributed by atoms with E-state index in [1.165, 1.54) is 17.8 Å². The standard InChI is InChI=1S/C22H22FN5OS/c1-16-25-19(18-7-4-5-9-24-18)14-21(26-16)30-15-22(29)28-12-10-27(11-13-28)20-8-3-2-6-17(20)23/h2-9,14H,10-13,15H2,1H3. The number of hydrogen-bond acceptors (Lipinski definition) is 6. The minimum atomic E-state index is -0.226. The number of piperazine rings is 1. The lowest BCUT2D eigenvalue weighted by Crippen LogP contribution is -2.49. The largest absolute Gasteiger partial charge is 0.366 e. The van der Waals surface area contributed by atoms with Crippen molar-refractivity contribution in [1.82, 2.24) is 19.9 Å². The number of pyridine rings is 1. The van der Waals surface area contributed by atoms with Crippen molar-refractivity contribution in [2.45, 2.75) is 11.9 Å². The summed E-state index contributed by atoms with van der Waals surface area (Å²) in [7, 11) is 0. The van der Waals surface area contributed by atoms with E-state index in [1.54, 1.807) is 18.3 Å². The fourth-order valence-electron chi connectivity index (χ4n) is 3.39. The molecule has 1 saturated heterocycles. The van der Waals surface area contributed by atoms with E-state index in [1.807, 2.05) is 47.1 Å². The molecule has 0 spiro atoms. The van der Waals surface area contributed by atoms with E-state index in [4.69, 9.17) is 0 Å². The number of carbonyl (C=O) groups excluding carboxylic acids is 1. The van der Waals surface area contributed by atoms with Gasteiger partial charge in [-0.2, -0.15) is 0 Å². The van der Waals surface area contributed by atoms with Crippen LogP contribution in [0.25, 0.3) is 11.4 Å². The smallest absolute Gasteiger partial charge is 0.233 e. The van der Waals surface area contributed by atoms with E-state index >= 15 is 0 Å². The van der Waals surface area contributed by atoms with Crippen molar-refractivity contribution in [3.8, 4) is 11.4 Å². The summed E-state index contributed by atoms with van der Waals surface area (Å²) in [6.45, 7) is 4.23. The number of benzene rings is 1. The highest BCUT2D eigenvalue weighted by Gasteiger charge is 2.23. The minimum absolute atomic E-state index is 0.0591. The molecule has 0 N–H and O–H groups in total. The number of carbonyl (C=O) groups is 1. The SMILES string of the molecule is Cc1nc(SCC(=O)N2CCN(c3ccccc3F)CC2)cc(-c2ccccn2)n1. The Bertz CT molecular complexity index is 1030. The molecule has 0 saturated carbocycles. The van der Waals surface area contributed by atoms with Gasteiger partial charge in [0.25, 0.3) is 0 Å². The number of aryl methyl sites for hydroxylation is 1. The van der Waals surface area contributed by atoms with Gasteiger partial charge in [0.1, 0.15) is 16.7 Å². The maximum atomic E-state index is 14.0. The molecule has 3 aromatic rings. The zero-order valence-corrected chi connectivity index (χ0v) is 17.5. The highest BCUT2D eigenvalue weighted by Crippen LogP contribution is 2.23. The van der Waals surface area contributed by atoms with Crippen molar-refractivity contribution >= 4 is 23.4 Å². The number of anilines is 1. The van der Waals surface area contributed by atoms with E-state index < -0.39 is 0 Å². The number of aromatic nitrogens is 3. The molecule has 0 unspecified atom stereocenters. The molecule has 1 aromatic carbocycles. The fraction of sp³-hybridized carbons (Fsp3) is 0.273. The van der Waals surface area contributed by atoms with Crippen LogP contribution in [0.2, 0.25) is 0 Å². The summed E-state index contributed by atoms with van der Waals surface area (Å²) in [6, 6.07) is 14.3. The zero-order valence-electron chi connectivity index (χ0n) is 16.7. The molecular weight excluding hydrogens is 401 g/mol. The number of para-hydroxylation sites is 1. The molecule has 0 aliphatic carbocycles. The maximum Gasteiger partial charge on any atom is 0.233 e. The lowest BCUT2D eigenvalue weighted by molar-refractivity contribution is -0.128. The quantitative estimate of drug-likeness (QED) is 0.463. The summed E-state index contributed by atoms with van der Waals surface area (Å²) >= 11 is 1.40. The average Bonchev–Trinajstić information content (AvgIpc) is 2.78. The van der Waals surface area contributed by atoms with Crippen molar-refractivity contribution in [2.24, 2.45) is 0 Å². The third-order valence-electron chi connectivity index (χ3n) is 4.91. The van der Waals surface area contributed by atoms with Gasteiger partial charge < -0.3 is 9.80 Å². The first-order chi connectivity index (χ1) is 14.6. The normalized spacial score (nSPS) is 14.1. The molecule has 30 heavy (non-hydrogen) atoms. The Hall–Kier alpha value is -3.00. The van der Waals surface area contributed by atoms with Crippen molar-refractivity contribution in [2.75, 3.05) is 36.8 Å². The van der Waals surface area contributed by atoms with Gasteiger partial charge >= 0.3 is 0 Å². The molecule has 6 nitrogen and oxygen atoms in total. The lowest BCUT2D eigenvalue weighted by Gasteiger charge is -2.36. The van der Waals surface area contributed by atoms with Gasteiger partial charge in [-0.3, -0.25) is 9.78 Å². The van der Waals surface area contributed by atoms with E-state index in [9.17, 15) is 9.18 Å². The van der Waals surface area contributed by atoms with E-state index in [-0.39, 0.29) is 11.7 Å². The molecule has 3 heterocycles. The van der Waals surface area contributed by atoms with Crippen LogP contribution in [0.15, 0.2) is 59.8 Å². The van der Waals surface area contributed by atoms with Gasteiger partial charge in [0.2, 0.25) is 5.91 Å². The van der Waals surface area contributed by atoms with E-state index in [0.717, 1.165) is 16.4 Å². The van der Waals surface area contributed by atoms with Crippen LogP contribution in [0.5, 0.6) is 0 Å². The number of amides is 1. The van der Waals surface area contributed by atoms with Crippen molar-refractivity contribution in [3.63, 3.8) is 0 Å². The topological polar surface area (TPSA) is 62.2 Å². The molecule has 0 radical (unpaired) electrons. The molecule has 4 rings (SSSR count). The van der Waals surface area contributed by atoms with Crippen LogP contribution in [0.4, 0.5) is 10.1 Å². The van der Waals surface area contributed by atoms with Gasteiger partial charge in [0, 0.05) is 32.4 Å². The molecule has 8 heteroatoms. The summed E-state index contributed by atoms with van der Waals surface area (Å²) in [5.74, 6) is 0.781. The summed E-state index contributed by atoms with van der Waals surface area (Å²) in [5.41, 5.74) is 2.12. The number of nitrogens with zero attached hydrogens (tertiary/aromatic N) is 5. The third kappa shape index (κ3) is 4.76. The van der Waals surface area contributed by atoms with Crippen LogP contribution in [0.1, 0.15) is 5.82 Å². The number of thioether (sulfide) groups is 1. The molecular formula is C22H22FN5OS. The molecule has 0 bridgehead atoms. The van der Waals surface area contributed by atoms with Crippen LogP contribution in [-0.2, 0) is 4.79 Å². The summed E-state index contributed by atoms with van der Waals surface area (Å²) < 4.78 is 14.0. The predicted molar refractivity (Wildman–Crippen MR) is 116 cm³/mol. The Kier molecular flexibility index (Phi) is 6.23. The molecule has 154 valence electrons. The van der Waals surface area contributed by atoms with Crippen LogP contribution in [0, 0.1) is 12.7 Å².